The molecule has 0 amide bonds. The summed E-state index contributed by atoms with van der Waals surface area (Å²) in [6.45, 7) is 9.01. The number of ether oxygens (including phenoxy) is 2. The lowest BCUT2D eigenvalue weighted by molar-refractivity contribution is 0.0434. The molecule has 2 fully saturated rings. The highest BCUT2D eigenvalue weighted by molar-refractivity contribution is 5.88. The number of morpholine rings is 1. The molecule has 4 heterocycles. The molecule has 2 aliphatic rings. The Kier molecular flexibility index (Phi) is 8.36. The first-order valence-corrected chi connectivity index (χ1v) is 12.9. The van der Waals surface area contributed by atoms with Crippen LogP contribution in [0.3, 0.4) is 0 Å². The molecule has 1 aromatic carbocycles. The van der Waals surface area contributed by atoms with E-state index in [1.807, 2.05) is 36.4 Å². The Morgan fingerprint density at radius 3 is 2.92 bits per heavy atom. The Hall–Kier alpha value is -3.80. The number of aromatic nitrogens is 3. The second-order valence-electron chi connectivity index (χ2n) is 9.18. The van der Waals surface area contributed by atoms with Crippen molar-refractivity contribution in [3.63, 3.8) is 0 Å². The molecule has 8 heteroatoms. The molecular weight excluding hydrogens is 464 g/mol. The molecule has 0 radical (unpaired) electrons. The molecule has 37 heavy (non-hydrogen) atoms. The van der Waals surface area contributed by atoms with Gasteiger partial charge in [-0.05, 0) is 43.5 Å². The number of H-pyrrole nitrogens is 1. The highest BCUT2D eigenvalue weighted by atomic mass is 16.5. The van der Waals surface area contributed by atoms with Gasteiger partial charge in [0.25, 0.3) is 0 Å². The molecule has 2 aliphatic heterocycles. The molecule has 2 N–H and O–H groups in total. The van der Waals surface area contributed by atoms with Crippen molar-refractivity contribution in [1.29, 1.82) is 0 Å². The van der Waals surface area contributed by atoms with Crippen LogP contribution in [0.1, 0.15) is 19.0 Å². The molecule has 1 atom stereocenters. The second-order valence-corrected chi connectivity index (χ2v) is 9.18. The van der Waals surface area contributed by atoms with E-state index in [1.165, 1.54) is 5.70 Å². The average Bonchev–Trinajstić information content (AvgIpc) is 3.58. The lowest BCUT2D eigenvalue weighted by Crippen LogP contribution is -2.36. The first-order chi connectivity index (χ1) is 18.3. The number of hydrogen-bond acceptors (Lipinski definition) is 7. The molecular formula is C29H34N6O2. The summed E-state index contributed by atoms with van der Waals surface area (Å²) in [6.07, 6.45) is 9.35. The van der Waals surface area contributed by atoms with Crippen LogP contribution >= 0.6 is 0 Å². The van der Waals surface area contributed by atoms with E-state index in [0.29, 0.717) is 12.6 Å². The van der Waals surface area contributed by atoms with Gasteiger partial charge in [-0.15, -0.1) is 0 Å². The minimum Gasteiger partial charge on any atom is -0.481 e. The number of nitrogens with zero attached hydrogens (tertiary/aromatic N) is 4. The molecule has 2 aromatic heterocycles. The van der Waals surface area contributed by atoms with E-state index in [4.69, 9.17) is 9.47 Å². The zero-order valence-corrected chi connectivity index (χ0v) is 21.3. The molecule has 1 unspecified atom stereocenters. The normalized spacial score (nSPS) is 18.8. The first-order valence-electron chi connectivity index (χ1n) is 12.9. The van der Waals surface area contributed by atoms with E-state index < -0.39 is 0 Å². The average molecular weight is 499 g/mol. The van der Waals surface area contributed by atoms with Crippen LogP contribution in [-0.2, 0) is 4.74 Å². The van der Waals surface area contributed by atoms with Gasteiger partial charge < -0.3 is 24.7 Å². The number of hydrogen-bond donors (Lipinski definition) is 2. The molecule has 0 bridgehead atoms. The quantitative estimate of drug-likeness (QED) is 0.362. The summed E-state index contributed by atoms with van der Waals surface area (Å²) in [4.78, 5) is 17.1. The fourth-order valence-electron chi connectivity index (χ4n) is 4.69. The third-order valence-corrected chi connectivity index (χ3v) is 6.65. The monoisotopic (exact) mass is 498 g/mol. The van der Waals surface area contributed by atoms with Crippen LogP contribution in [0, 0.1) is 11.8 Å². The van der Waals surface area contributed by atoms with E-state index in [9.17, 15) is 0 Å². The van der Waals surface area contributed by atoms with Gasteiger partial charge >= 0.3 is 0 Å². The number of nitrogens with one attached hydrogen (secondary N) is 2. The van der Waals surface area contributed by atoms with Gasteiger partial charge in [0.15, 0.2) is 0 Å². The van der Waals surface area contributed by atoms with E-state index in [0.717, 1.165) is 80.7 Å². The van der Waals surface area contributed by atoms with Crippen LogP contribution in [0.4, 0.5) is 5.82 Å². The van der Waals surface area contributed by atoms with Crippen LogP contribution in [0.5, 0.6) is 5.75 Å². The Labute approximate surface area is 218 Å². The van der Waals surface area contributed by atoms with Crippen molar-refractivity contribution in [1.82, 2.24) is 24.8 Å². The standard InChI is InChI=1S/C29H34N6O2/c1-2-25(9-6-13-34-15-18-36-19-16-34)35-14-12-24(21-35)33-29-27-20-23(32-28(27)30-22-31-29)8-7-17-37-26-10-4-3-5-11-26/h2-6,9-11,20,22,24H,12-19,21H2,1H3,(H2,30,31,32,33). The first kappa shape index (κ1) is 24.9. The van der Waals surface area contributed by atoms with E-state index in [-0.39, 0.29) is 0 Å². The minimum atomic E-state index is 0.310. The van der Waals surface area contributed by atoms with E-state index in [1.54, 1.807) is 6.33 Å². The molecule has 0 saturated carbocycles. The molecule has 192 valence electrons. The van der Waals surface area contributed by atoms with E-state index in [2.05, 4.69) is 67.1 Å². The third kappa shape index (κ3) is 6.70. The number of allylic oxidation sites excluding steroid dienone is 2. The number of anilines is 1. The van der Waals surface area contributed by atoms with Crippen molar-refractivity contribution < 1.29 is 9.47 Å². The Morgan fingerprint density at radius 1 is 1.22 bits per heavy atom. The number of para-hydroxylation sites is 1. The third-order valence-electron chi connectivity index (χ3n) is 6.65. The predicted octanol–water partition coefficient (Wildman–Crippen LogP) is 3.67. The summed E-state index contributed by atoms with van der Waals surface area (Å²) in [6, 6.07) is 12.0. The van der Waals surface area contributed by atoms with Gasteiger partial charge in [-0.3, -0.25) is 4.90 Å². The fraction of sp³-hybridized carbons (Fsp3) is 0.379. The van der Waals surface area contributed by atoms with Gasteiger partial charge in [-0.25, -0.2) is 9.97 Å². The van der Waals surface area contributed by atoms with E-state index >= 15 is 0 Å². The van der Waals surface area contributed by atoms with Crippen molar-refractivity contribution >= 4 is 16.9 Å². The van der Waals surface area contributed by atoms with Gasteiger partial charge in [0.05, 0.1) is 24.3 Å². The number of fused-ring (bicyclic) bond motifs is 1. The molecule has 3 aromatic rings. The highest BCUT2D eigenvalue weighted by Gasteiger charge is 2.24. The fourth-order valence-corrected chi connectivity index (χ4v) is 4.69. The zero-order valence-electron chi connectivity index (χ0n) is 21.3. The summed E-state index contributed by atoms with van der Waals surface area (Å²) >= 11 is 0. The maximum Gasteiger partial charge on any atom is 0.149 e. The largest absolute Gasteiger partial charge is 0.481 e. The number of aromatic amines is 1. The second kappa shape index (κ2) is 12.4. The lowest BCUT2D eigenvalue weighted by Gasteiger charge is -2.25. The van der Waals surface area contributed by atoms with Crippen molar-refractivity contribution in [3.8, 4) is 17.6 Å². The zero-order chi connectivity index (χ0) is 25.3. The molecule has 0 spiro atoms. The SMILES string of the molecule is CC=C(C=CCN1CCOCC1)N1CCC(Nc2ncnc3[nH]c(C#CCOc4ccccc4)cc23)C1. The molecule has 5 rings (SSSR count). The number of likely N-dealkylation sites (tertiary alicyclic amines) is 1. The molecule has 8 nitrogen and oxygen atoms in total. The summed E-state index contributed by atoms with van der Waals surface area (Å²) in [7, 11) is 0. The van der Waals surface area contributed by atoms with Crippen molar-refractivity contribution in [2.45, 2.75) is 19.4 Å². The summed E-state index contributed by atoms with van der Waals surface area (Å²) in [5.41, 5.74) is 2.84. The van der Waals surface area contributed by atoms with Gasteiger partial charge in [-0.2, -0.15) is 0 Å². The summed E-state index contributed by atoms with van der Waals surface area (Å²) in [5, 5.41) is 4.59. The van der Waals surface area contributed by atoms with Gasteiger partial charge in [-0.1, -0.05) is 36.3 Å². The Bertz CT molecular complexity index is 1280. The van der Waals surface area contributed by atoms with Crippen LogP contribution < -0.4 is 10.1 Å². The molecule has 0 aliphatic carbocycles. The van der Waals surface area contributed by atoms with Crippen LogP contribution in [0.15, 0.2) is 66.7 Å². The Balaban J connectivity index is 1.17. The van der Waals surface area contributed by atoms with Crippen molar-refractivity contribution in [3.05, 3.63) is 72.3 Å². The lowest BCUT2D eigenvalue weighted by atomic mass is 10.2. The van der Waals surface area contributed by atoms with Crippen molar-refractivity contribution in [2.24, 2.45) is 0 Å². The minimum absolute atomic E-state index is 0.310. The summed E-state index contributed by atoms with van der Waals surface area (Å²) < 4.78 is 11.1. The van der Waals surface area contributed by atoms with Crippen LogP contribution in [-0.4, -0.2) is 83.3 Å². The molecule has 2 saturated heterocycles. The Morgan fingerprint density at radius 2 is 2.08 bits per heavy atom. The van der Waals surface area contributed by atoms with Gasteiger partial charge in [0.1, 0.15) is 30.1 Å². The maximum absolute atomic E-state index is 5.66. The topological polar surface area (TPSA) is 78.5 Å². The van der Waals surface area contributed by atoms with Crippen LogP contribution in [0.25, 0.3) is 11.0 Å². The predicted molar refractivity (Wildman–Crippen MR) is 146 cm³/mol. The highest BCUT2D eigenvalue weighted by Crippen LogP contribution is 2.24. The van der Waals surface area contributed by atoms with Crippen molar-refractivity contribution in [2.75, 3.05) is 57.9 Å². The maximum atomic E-state index is 5.66. The smallest absolute Gasteiger partial charge is 0.149 e. The number of benzene rings is 1. The van der Waals surface area contributed by atoms with Gasteiger partial charge in [0, 0.05) is 44.5 Å². The van der Waals surface area contributed by atoms with Gasteiger partial charge in [0.2, 0.25) is 0 Å². The number of rotatable bonds is 8. The van der Waals surface area contributed by atoms with Crippen LogP contribution in [0.2, 0.25) is 0 Å². The summed E-state index contributed by atoms with van der Waals surface area (Å²) in [5.74, 6) is 7.85.